The van der Waals surface area contributed by atoms with Crippen molar-refractivity contribution < 1.29 is 14.2 Å². The van der Waals surface area contributed by atoms with Crippen molar-refractivity contribution in [1.82, 2.24) is 0 Å². The Hall–Kier alpha value is -0.910. The number of rotatable bonds is 3. The second-order valence-corrected chi connectivity index (χ2v) is 5.54. The van der Waals surface area contributed by atoms with Gasteiger partial charge in [0.05, 0.1) is 18.0 Å². The van der Waals surface area contributed by atoms with Crippen LogP contribution in [-0.2, 0) is 4.74 Å². The highest BCUT2D eigenvalue weighted by atomic mass is 32.2. The smallest absolute Gasteiger partial charge is 0.231 e. The van der Waals surface area contributed by atoms with E-state index in [0.29, 0.717) is 13.3 Å². The lowest BCUT2D eigenvalue weighted by Crippen LogP contribution is -2.52. The number of benzene rings is 1. The van der Waals surface area contributed by atoms with E-state index in [1.165, 1.54) is 0 Å². The number of hydrogen-bond donors (Lipinski definition) is 1. The zero-order valence-electron chi connectivity index (χ0n) is 8.77. The molecule has 0 aliphatic carbocycles. The molecule has 1 fully saturated rings. The lowest BCUT2D eigenvalue weighted by atomic mass is 10.1. The van der Waals surface area contributed by atoms with Gasteiger partial charge >= 0.3 is 0 Å². The minimum Gasteiger partial charge on any atom is -0.454 e. The number of ether oxygens (including phenoxy) is 3. The summed E-state index contributed by atoms with van der Waals surface area (Å²) >= 11 is 1.76. The van der Waals surface area contributed by atoms with Crippen molar-refractivity contribution in [2.75, 3.05) is 26.6 Å². The van der Waals surface area contributed by atoms with Crippen LogP contribution in [0, 0.1) is 0 Å². The fraction of sp³-hybridized carbons (Fsp3) is 0.455. The molecule has 0 atom stereocenters. The standard InChI is InChI=1S/C11H13NO3S/c12-4-11(5-13-6-11)16-8-1-2-9-10(3-8)15-7-14-9/h1-3H,4-7,12H2. The van der Waals surface area contributed by atoms with Crippen molar-refractivity contribution in [2.45, 2.75) is 9.64 Å². The van der Waals surface area contributed by atoms with Gasteiger partial charge in [-0.05, 0) is 18.2 Å². The molecule has 0 bridgehead atoms. The van der Waals surface area contributed by atoms with Crippen LogP contribution >= 0.6 is 11.8 Å². The van der Waals surface area contributed by atoms with Gasteiger partial charge in [-0.15, -0.1) is 11.8 Å². The lowest BCUT2D eigenvalue weighted by Gasteiger charge is -2.39. The van der Waals surface area contributed by atoms with Crippen molar-refractivity contribution >= 4 is 11.8 Å². The van der Waals surface area contributed by atoms with Gasteiger partial charge in [-0.1, -0.05) is 0 Å². The molecule has 2 aliphatic heterocycles. The maximum Gasteiger partial charge on any atom is 0.231 e. The van der Waals surface area contributed by atoms with Gasteiger partial charge in [0.1, 0.15) is 0 Å². The summed E-state index contributed by atoms with van der Waals surface area (Å²) < 4.78 is 15.9. The van der Waals surface area contributed by atoms with E-state index < -0.39 is 0 Å². The van der Waals surface area contributed by atoms with Crippen LogP contribution in [0.15, 0.2) is 23.1 Å². The molecule has 2 aliphatic rings. The maximum atomic E-state index is 5.77. The lowest BCUT2D eigenvalue weighted by molar-refractivity contribution is -0.00434. The van der Waals surface area contributed by atoms with Gasteiger partial charge in [0.15, 0.2) is 11.5 Å². The molecule has 0 aromatic heterocycles. The Kier molecular flexibility index (Phi) is 2.46. The second-order valence-electron chi connectivity index (χ2n) is 4.00. The molecule has 0 radical (unpaired) electrons. The Morgan fingerprint density at radius 2 is 2.06 bits per heavy atom. The summed E-state index contributed by atoms with van der Waals surface area (Å²) in [5.74, 6) is 1.63. The summed E-state index contributed by atoms with van der Waals surface area (Å²) in [6, 6.07) is 5.98. The summed E-state index contributed by atoms with van der Waals surface area (Å²) in [6.07, 6.45) is 0. The third kappa shape index (κ3) is 1.65. The Bertz CT molecular complexity index is 401. The van der Waals surface area contributed by atoms with Gasteiger partial charge in [0, 0.05) is 11.4 Å². The second kappa shape index (κ2) is 3.84. The van der Waals surface area contributed by atoms with Crippen LogP contribution in [0.4, 0.5) is 0 Å². The van der Waals surface area contributed by atoms with Crippen molar-refractivity contribution in [2.24, 2.45) is 5.73 Å². The molecule has 0 amide bonds. The van der Waals surface area contributed by atoms with Gasteiger partial charge in [-0.3, -0.25) is 0 Å². The molecular weight excluding hydrogens is 226 g/mol. The molecule has 4 nitrogen and oxygen atoms in total. The zero-order valence-corrected chi connectivity index (χ0v) is 9.59. The van der Waals surface area contributed by atoms with E-state index in [1.807, 2.05) is 18.2 Å². The first-order chi connectivity index (χ1) is 7.81. The van der Waals surface area contributed by atoms with E-state index in [9.17, 15) is 0 Å². The van der Waals surface area contributed by atoms with E-state index in [4.69, 9.17) is 19.9 Å². The molecular formula is C11H13NO3S. The Morgan fingerprint density at radius 1 is 1.25 bits per heavy atom. The van der Waals surface area contributed by atoms with Gasteiger partial charge < -0.3 is 19.9 Å². The maximum absolute atomic E-state index is 5.77. The highest BCUT2D eigenvalue weighted by molar-refractivity contribution is 8.00. The number of nitrogens with two attached hydrogens (primary N) is 1. The van der Waals surface area contributed by atoms with E-state index in [0.717, 1.165) is 29.6 Å². The van der Waals surface area contributed by atoms with Crippen LogP contribution in [-0.4, -0.2) is 31.3 Å². The van der Waals surface area contributed by atoms with Crippen LogP contribution < -0.4 is 15.2 Å². The van der Waals surface area contributed by atoms with Gasteiger partial charge in [-0.2, -0.15) is 0 Å². The van der Waals surface area contributed by atoms with E-state index in [1.54, 1.807) is 11.8 Å². The SMILES string of the molecule is NCC1(Sc2ccc3c(c2)OCO3)COC1. The summed E-state index contributed by atoms with van der Waals surface area (Å²) in [5, 5.41) is 0. The van der Waals surface area contributed by atoms with E-state index >= 15 is 0 Å². The monoisotopic (exact) mass is 239 g/mol. The Morgan fingerprint density at radius 3 is 2.75 bits per heavy atom. The van der Waals surface area contributed by atoms with Gasteiger partial charge in [-0.25, -0.2) is 0 Å². The summed E-state index contributed by atoms with van der Waals surface area (Å²) in [7, 11) is 0. The van der Waals surface area contributed by atoms with Crippen LogP contribution in [0.25, 0.3) is 0 Å². The fourth-order valence-corrected chi connectivity index (χ4v) is 2.91. The predicted molar refractivity (Wildman–Crippen MR) is 61.0 cm³/mol. The van der Waals surface area contributed by atoms with E-state index in [-0.39, 0.29) is 4.75 Å². The van der Waals surface area contributed by atoms with Gasteiger partial charge in [0.2, 0.25) is 6.79 Å². The largest absolute Gasteiger partial charge is 0.454 e. The molecule has 2 N–H and O–H groups in total. The Labute approximate surface area is 98.0 Å². The molecule has 0 spiro atoms. The molecule has 16 heavy (non-hydrogen) atoms. The van der Waals surface area contributed by atoms with Crippen molar-refractivity contribution in [1.29, 1.82) is 0 Å². The quantitative estimate of drug-likeness (QED) is 0.860. The summed E-state index contributed by atoms with van der Waals surface area (Å²) in [6.45, 7) is 2.39. The van der Waals surface area contributed by atoms with Crippen molar-refractivity contribution in [3.8, 4) is 11.5 Å². The first-order valence-electron chi connectivity index (χ1n) is 5.18. The topological polar surface area (TPSA) is 53.7 Å². The minimum absolute atomic E-state index is 0.0493. The molecule has 3 rings (SSSR count). The minimum atomic E-state index is 0.0493. The summed E-state index contributed by atoms with van der Waals surface area (Å²) in [4.78, 5) is 1.15. The molecule has 0 unspecified atom stereocenters. The first-order valence-corrected chi connectivity index (χ1v) is 5.99. The molecule has 1 aromatic rings. The number of fused-ring (bicyclic) bond motifs is 1. The summed E-state index contributed by atoms with van der Waals surface area (Å²) in [5.41, 5.74) is 5.77. The molecule has 86 valence electrons. The normalized spacial score (nSPS) is 20.6. The van der Waals surface area contributed by atoms with Crippen molar-refractivity contribution in [3.05, 3.63) is 18.2 Å². The zero-order chi connectivity index (χ0) is 11.0. The predicted octanol–water partition coefficient (Wildman–Crippen LogP) is 1.24. The molecule has 1 aromatic carbocycles. The third-order valence-electron chi connectivity index (χ3n) is 2.78. The highest BCUT2D eigenvalue weighted by Crippen LogP contribution is 2.42. The van der Waals surface area contributed by atoms with Crippen molar-refractivity contribution in [3.63, 3.8) is 0 Å². The third-order valence-corrected chi connectivity index (χ3v) is 4.11. The van der Waals surface area contributed by atoms with E-state index in [2.05, 4.69) is 0 Å². The average Bonchev–Trinajstić information content (AvgIpc) is 2.70. The number of thioether (sulfide) groups is 1. The van der Waals surface area contributed by atoms with Crippen LogP contribution in [0.1, 0.15) is 0 Å². The highest BCUT2D eigenvalue weighted by Gasteiger charge is 2.38. The molecule has 0 saturated carbocycles. The van der Waals surface area contributed by atoms with Crippen LogP contribution in [0.3, 0.4) is 0 Å². The first kappa shape index (κ1) is 10.3. The Balaban J connectivity index is 1.80. The van der Waals surface area contributed by atoms with Gasteiger partial charge in [0.25, 0.3) is 0 Å². The average molecular weight is 239 g/mol. The molecule has 5 heteroatoms. The van der Waals surface area contributed by atoms with Crippen LogP contribution in [0.5, 0.6) is 11.5 Å². The fourth-order valence-electron chi connectivity index (χ4n) is 1.74. The van der Waals surface area contributed by atoms with Crippen LogP contribution in [0.2, 0.25) is 0 Å². The molecule has 2 heterocycles. The molecule has 1 saturated heterocycles. The number of hydrogen-bond acceptors (Lipinski definition) is 5.